The van der Waals surface area contributed by atoms with E-state index in [1.54, 1.807) is 0 Å². The van der Waals surface area contributed by atoms with E-state index < -0.39 is 5.54 Å². The SMILES string of the molecule is C[C@H]1C(=O)C(C)(C)Nc2ccc3c(c21)/C(=C/c1ccccc1)Oc1ccccc1-3. The average Bonchev–Trinajstić information content (AvgIpc) is 2.72. The van der Waals surface area contributed by atoms with Crippen molar-refractivity contribution in [1.82, 2.24) is 0 Å². The third-order valence-corrected chi connectivity index (χ3v) is 5.88. The molecule has 0 saturated heterocycles. The van der Waals surface area contributed by atoms with Crippen molar-refractivity contribution in [3.05, 3.63) is 83.4 Å². The molecule has 1 atom stereocenters. The zero-order chi connectivity index (χ0) is 20.2. The number of para-hydroxylation sites is 1. The second-order valence-electron chi connectivity index (χ2n) is 8.30. The van der Waals surface area contributed by atoms with Gasteiger partial charge in [-0.05, 0) is 48.7 Å². The minimum atomic E-state index is -0.586. The van der Waals surface area contributed by atoms with Crippen molar-refractivity contribution in [3.63, 3.8) is 0 Å². The van der Waals surface area contributed by atoms with Gasteiger partial charge in [0.25, 0.3) is 0 Å². The topological polar surface area (TPSA) is 38.3 Å². The highest BCUT2D eigenvalue weighted by Crippen LogP contribution is 2.49. The molecule has 0 fully saturated rings. The number of fused-ring (bicyclic) bond motifs is 5. The van der Waals surface area contributed by atoms with Crippen LogP contribution in [0.5, 0.6) is 5.75 Å². The zero-order valence-electron chi connectivity index (χ0n) is 16.8. The monoisotopic (exact) mass is 381 g/mol. The molecule has 0 aliphatic carbocycles. The Hall–Kier alpha value is -3.33. The fourth-order valence-corrected chi connectivity index (χ4v) is 4.49. The number of ether oxygens (including phenoxy) is 1. The van der Waals surface area contributed by atoms with Crippen molar-refractivity contribution in [3.8, 4) is 16.9 Å². The molecule has 1 N–H and O–H groups in total. The Morgan fingerprint density at radius 1 is 0.931 bits per heavy atom. The second-order valence-corrected chi connectivity index (χ2v) is 8.30. The minimum absolute atomic E-state index is 0.191. The predicted octanol–water partition coefficient (Wildman–Crippen LogP) is 6.12. The highest BCUT2D eigenvalue weighted by molar-refractivity contribution is 6.04. The van der Waals surface area contributed by atoms with E-state index in [2.05, 4.69) is 41.7 Å². The zero-order valence-corrected chi connectivity index (χ0v) is 16.8. The first-order chi connectivity index (χ1) is 14.0. The van der Waals surface area contributed by atoms with E-state index in [0.717, 1.165) is 45.0 Å². The van der Waals surface area contributed by atoms with Gasteiger partial charge in [0.1, 0.15) is 11.5 Å². The first-order valence-electron chi connectivity index (χ1n) is 9.99. The predicted molar refractivity (Wildman–Crippen MR) is 118 cm³/mol. The van der Waals surface area contributed by atoms with Crippen molar-refractivity contribution in [2.45, 2.75) is 32.2 Å². The molecular formula is C26H23NO2. The van der Waals surface area contributed by atoms with Gasteiger partial charge in [-0.15, -0.1) is 0 Å². The number of hydrogen-bond donors (Lipinski definition) is 1. The first-order valence-corrected chi connectivity index (χ1v) is 9.99. The van der Waals surface area contributed by atoms with Gasteiger partial charge in [-0.3, -0.25) is 4.79 Å². The van der Waals surface area contributed by atoms with E-state index in [1.165, 1.54) is 0 Å². The molecule has 2 heterocycles. The van der Waals surface area contributed by atoms with Crippen LogP contribution in [0, 0.1) is 0 Å². The van der Waals surface area contributed by atoms with Gasteiger partial charge in [-0.1, -0.05) is 61.5 Å². The van der Waals surface area contributed by atoms with Crippen LogP contribution in [0.25, 0.3) is 23.0 Å². The summed E-state index contributed by atoms with van der Waals surface area (Å²) in [5.41, 5.74) is 5.67. The lowest BCUT2D eigenvalue weighted by Gasteiger charge is -2.38. The van der Waals surface area contributed by atoms with Gasteiger partial charge >= 0.3 is 0 Å². The summed E-state index contributed by atoms with van der Waals surface area (Å²) in [4.78, 5) is 13.1. The summed E-state index contributed by atoms with van der Waals surface area (Å²) in [5, 5.41) is 3.44. The van der Waals surface area contributed by atoms with Crippen LogP contribution in [0.15, 0.2) is 66.7 Å². The van der Waals surface area contributed by atoms with Crippen LogP contribution in [0.4, 0.5) is 5.69 Å². The van der Waals surface area contributed by atoms with Crippen molar-refractivity contribution >= 4 is 23.3 Å². The summed E-state index contributed by atoms with van der Waals surface area (Å²) in [7, 11) is 0. The third-order valence-electron chi connectivity index (χ3n) is 5.88. The van der Waals surface area contributed by atoms with E-state index in [-0.39, 0.29) is 11.7 Å². The Bertz CT molecular complexity index is 1160. The molecule has 5 rings (SSSR count). The highest BCUT2D eigenvalue weighted by atomic mass is 16.5. The number of carbonyl (C=O) groups is 1. The highest BCUT2D eigenvalue weighted by Gasteiger charge is 2.41. The van der Waals surface area contributed by atoms with Crippen LogP contribution >= 0.6 is 0 Å². The van der Waals surface area contributed by atoms with Gasteiger partial charge in [0.05, 0.1) is 5.54 Å². The Morgan fingerprint density at radius 2 is 1.66 bits per heavy atom. The smallest absolute Gasteiger partial charge is 0.164 e. The molecule has 2 aliphatic heterocycles. The molecule has 144 valence electrons. The fraction of sp³-hybridized carbons (Fsp3) is 0.192. The quantitative estimate of drug-likeness (QED) is 0.552. The summed E-state index contributed by atoms with van der Waals surface area (Å²) in [6, 6.07) is 22.5. The normalized spacial score (nSPS) is 20.2. The van der Waals surface area contributed by atoms with E-state index in [1.807, 2.05) is 57.2 Å². The molecule has 0 radical (unpaired) electrons. The van der Waals surface area contributed by atoms with Gasteiger partial charge in [-0.2, -0.15) is 0 Å². The number of ketones is 1. The van der Waals surface area contributed by atoms with E-state index >= 15 is 0 Å². The summed E-state index contributed by atoms with van der Waals surface area (Å²) in [6.45, 7) is 5.90. The summed E-state index contributed by atoms with van der Waals surface area (Å²) in [6.07, 6.45) is 2.06. The Morgan fingerprint density at radius 3 is 2.45 bits per heavy atom. The number of anilines is 1. The molecule has 0 spiro atoms. The van der Waals surface area contributed by atoms with Crippen molar-refractivity contribution < 1.29 is 9.53 Å². The van der Waals surface area contributed by atoms with Gasteiger partial charge < -0.3 is 10.1 Å². The number of hydrogen-bond acceptors (Lipinski definition) is 3. The van der Waals surface area contributed by atoms with Crippen molar-refractivity contribution in [2.24, 2.45) is 0 Å². The van der Waals surface area contributed by atoms with Gasteiger partial charge in [0, 0.05) is 22.7 Å². The van der Waals surface area contributed by atoms with E-state index in [9.17, 15) is 4.79 Å². The molecule has 3 nitrogen and oxygen atoms in total. The molecule has 29 heavy (non-hydrogen) atoms. The van der Waals surface area contributed by atoms with Gasteiger partial charge in [0.2, 0.25) is 0 Å². The second kappa shape index (κ2) is 6.35. The van der Waals surface area contributed by atoms with Crippen LogP contribution in [0.1, 0.15) is 43.4 Å². The van der Waals surface area contributed by atoms with E-state index in [0.29, 0.717) is 0 Å². The lowest BCUT2D eigenvalue weighted by atomic mass is 9.76. The van der Waals surface area contributed by atoms with Gasteiger partial charge in [-0.25, -0.2) is 0 Å². The Balaban J connectivity index is 1.80. The molecule has 0 saturated carbocycles. The Labute approximate surface area is 171 Å². The summed E-state index contributed by atoms with van der Waals surface area (Å²) < 4.78 is 6.39. The maximum absolute atomic E-state index is 13.1. The van der Waals surface area contributed by atoms with Crippen molar-refractivity contribution in [1.29, 1.82) is 0 Å². The molecule has 3 aromatic carbocycles. The molecule has 3 heteroatoms. The summed E-state index contributed by atoms with van der Waals surface area (Å²) >= 11 is 0. The number of Topliss-reactive ketones (excluding diaryl/α,β-unsaturated/α-hetero) is 1. The van der Waals surface area contributed by atoms with Crippen LogP contribution in [0.2, 0.25) is 0 Å². The van der Waals surface area contributed by atoms with Gasteiger partial charge in [0.15, 0.2) is 5.78 Å². The third kappa shape index (κ3) is 2.77. The molecule has 0 bridgehead atoms. The minimum Gasteiger partial charge on any atom is -0.456 e. The van der Waals surface area contributed by atoms with Crippen LogP contribution < -0.4 is 10.1 Å². The Kier molecular flexibility index (Phi) is 3.88. The van der Waals surface area contributed by atoms with Crippen molar-refractivity contribution in [2.75, 3.05) is 5.32 Å². The number of rotatable bonds is 1. The first kappa shape index (κ1) is 17.7. The summed E-state index contributed by atoms with van der Waals surface area (Å²) in [5.74, 6) is 1.59. The molecule has 0 amide bonds. The lowest BCUT2D eigenvalue weighted by Crippen LogP contribution is -2.46. The fourth-order valence-electron chi connectivity index (χ4n) is 4.49. The van der Waals surface area contributed by atoms with Crippen LogP contribution in [-0.4, -0.2) is 11.3 Å². The maximum atomic E-state index is 13.1. The maximum Gasteiger partial charge on any atom is 0.164 e. The molecular weight excluding hydrogens is 358 g/mol. The number of carbonyl (C=O) groups excluding carboxylic acids is 1. The molecule has 0 unspecified atom stereocenters. The molecule has 0 aromatic heterocycles. The average molecular weight is 381 g/mol. The van der Waals surface area contributed by atoms with Crippen LogP contribution in [-0.2, 0) is 4.79 Å². The van der Waals surface area contributed by atoms with E-state index in [4.69, 9.17) is 4.74 Å². The largest absolute Gasteiger partial charge is 0.456 e. The lowest BCUT2D eigenvalue weighted by molar-refractivity contribution is -0.123. The molecule has 2 aliphatic rings. The number of benzene rings is 3. The van der Waals surface area contributed by atoms with Crippen LogP contribution in [0.3, 0.4) is 0 Å². The standard InChI is InChI=1S/C26H23NO2/c1-16-23-20(27-26(2,3)25(16)28)14-13-19-18-11-7-8-12-21(18)29-22(24(19)23)15-17-9-5-4-6-10-17/h4-16,27H,1-3H3/b22-15-/t16-/m1/s1. The molecule has 3 aromatic rings. The number of nitrogens with one attached hydrogen (secondary N) is 1.